The van der Waals surface area contributed by atoms with E-state index in [9.17, 15) is 14.7 Å². The van der Waals surface area contributed by atoms with E-state index in [4.69, 9.17) is 18.9 Å². The van der Waals surface area contributed by atoms with Gasteiger partial charge >= 0.3 is 5.97 Å². The number of methoxy groups -OCH3 is 2. The summed E-state index contributed by atoms with van der Waals surface area (Å²) in [7, 11) is 4.82. The van der Waals surface area contributed by atoms with Crippen molar-refractivity contribution in [1.29, 1.82) is 0 Å². The average molecular weight is 498 g/mol. The van der Waals surface area contributed by atoms with Crippen molar-refractivity contribution in [3.8, 4) is 28.7 Å². The number of esters is 1. The van der Waals surface area contributed by atoms with Crippen LogP contribution >= 0.6 is 0 Å². The number of carbonyl (C=O) groups is 2. The maximum absolute atomic E-state index is 13.4. The summed E-state index contributed by atoms with van der Waals surface area (Å²) in [5.41, 5.74) is 3.53. The Hall–Kier alpha value is -4.72. The number of hydrogen-bond donors (Lipinski definition) is 1. The molecule has 2 aliphatic rings. The van der Waals surface area contributed by atoms with E-state index < -0.39 is 11.9 Å². The first kappa shape index (κ1) is 22.7. The molecule has 1 unspecified atom stereocenters. The Morgan fingerprint density at radius 2 is 1.76 bits per heavy atom. The molecule has 0 radical (unpaired) electrons. The van der Waals surface area contributed by atoms with E-state index >= 15 is 0 Å². The van der Waals surface area contributed by atoms with Gasteiger partial charge in [0.15, 0.2) is 17.3 Å². The highest BCUT2D eigenvalue weighted by atomic mass is 16.5. The third-order valence-electron chi connectivity index (χ3n) is 6.90. The lowest BCUT2D eigenvalue weighted by Crippen LogP contribution is -2.21. The molecule has 0 saturated carbocycles. The van der Waals surface area contributed by atoms with Crippen LogP contribution in [0.4, 0.5) is 0 Å². The van der Waals surface area contributed by atoms with E-state index in [1.54, 1.807) is 30.3 Å². The number of phenols is 1. The minimum Gasteiger partial charge on any atom is -0.502 e. The summed E-state index contributed by atoms with van der Waals surface area (Å²) in [6.07, 6.45) is 3.71. The highest BCUT2D eigenvalue weighted by Crippen LogP contribution is 2.51. The molecule has 8 heteroatoms. The van der Waals surface area contributed by atoms with Gasteiger partial charge in [-0.3, -0.25) is 9.59 Å². The van der Waals surface area contributed by atoms with Crippen molar-refractivity contribution < 1.29 is 33.6 Å². The van der Waals surface area contributed by atoms with Crippen molar-refractivity contribution in [2.45, 2.75) is 12.3 Å². The summed E-state index contributed by atoms with van der Waals surface area (Å²) in [4.78, 5) is 25.9. The first-order chi connectivity index (χ1) is 17.9. The molecule has 186 valence electrons. The topological polar surface area (TPSA) is 96.2 Å². The second-order valence-electron chi connectivity index (χ2n) is 9.01. The Bertz CT molecular complexity index is 1620. The molecule has 8 nitrogen and oxygen atoms in total. The molecule has 0 bridgehead atoms. The van der Waals surface area contributed by atoms with Crippen LogP contribution in [0.15, 0.2) is 60.5 Å². The number of nitrogens with zero attached hydrogens (tertiary/aromatic N) is 1. The van der Waals surface area contributed by atoms with Crippen molar-refractivity contribution in [3.63, 3.8) is 0 Å². The van der Waals surface area contributed by atoms with E-state index in [0.717, 1.165) is 16.5 Å². The third-order valence-corrected chi connectivity index (χ3v) is 6.90. The van der Waals surface area contributed by atoms with Crippen LogP contribution in [0.1, 0.15) is 39.4 Å². The third kappa shape index (κ3) is 3.52. The molecule has 4 aromatic rings. The number of ketones is 1. The molecule has 3 heterocycles. The zero-order valence-electron chi connectivity index (χ0n) is 20.4. The molecule has 2 aliphatic heterocycles. The van der Waals surface area contributed by atoms with Gasteiger partial charge in [-0.1, -0.05) is 18.2 Å². The predicted molar refractivity (Wildman–Crippen MR) is 136 cm³/mol. The molecule has 1 aromatic heterocycles. The molecule has 0 saturated heterocycles. The lowest BCUT2D eigenvalue weighted by Gasteiger charge is -2.27. The Kier molecular flexibility index (Phi) is 5.19. The Labute approximate surface area is 212 Å². The van der Waals surface area contributed by atoms with Crippen molar-refractivity contribution in [2.24, 2.45) is 7.05 Å². The van der Waals surface area contributed by atoms with Crippen LogP contribution in [0.25, 0.3) is 17.0 Å². The van der Waals surface area contributed by atoms with E-state index in [2.05, 4.69) is 0 Å². The first-order valence-electron chi connectivity index (χ1n) is 11.7. The van der Waals surface area contributed by atoms with Crippen LogP contribution in [-0.4, -0.2) is 35.6 Å². The predicted octanol–water partition coefficient (Wildman–Crippen LogP) is 4.96. The van der Waals surface area contributed by atoms with E-state index in [1.807, 2.05) is 42.1 Å². The molecule has 0 amide bonds. The number of aryl methyl sites for hydroxylation is 1. The van der Waals surface area contributed by atoms with Gasteiger partial charge in [-0.25, -0.2) is 0 Å². The van der Waals surface area contributed by atoms with Crippen LogP contribution in [0.2, 0.25) is 0 Å². The fourth-order valence-electron chi connectivity index (χ4n) is 5.14. The highest BCUT2D eigenvalue weighted by molar-refractivity contribution is 6.15. The van der Waals surface area contributed by atoms with Gasteiger partial charge in [0.05, 0.1) is 26.2 Å². The minimum absolute atomic E-state index is 0.0143. The van der Waals surface area contributed by atoms with Crippen LogP contribution in [0.3, 0.4) is 0 Å². The number of para-hydroxylation sites is 1. The summed E-state index contributed by atoms with van der Waals surface area (Å²) in [5.74, 6) is -0.0378. The van der Waals surface area contributed by atoms with E-state index in [1.165, 1.54) is 14.2 Å². The summed E-state index contributed by atoms with van der Waals surface area (Å²) < 4.78 is 24.4. The quantitative estimate of drug-likeness (QED) is 0.242. The molecule has 0 spiro atoms. The van der Waals surface area contributed by atoms with Gasteiger partial charge in [-0.2, -0.15) is 0 Å². The normalized spacial score (nSPS) is 17.4. The molecule has 1 N–H and O–H groups in total. The number of benzene rings is 3. The maximum atomic E-state index is 13.4. The van der Waals surface area contributed by atoms with Gasteiger partial charge in [0.1, 0.15) is 11.5 Å². The number of fused-ring (bicyclic) bond motifs is 4. The minimum atomic E-state index is -0.515. The summed E-state index contributed by atoms with van der Waals surface area (Å²) in [5, 5.41) is 11.4. The number of allylic oxidation sites excluding steroid dienone is 1. The van der Waals surface area contributed by atoms with E-state index in [-0.39, 0.29) is 35.2 Å². The second kappa shape index (κ2) is 8.44. The van der Waals surface area contributed by atoms with Crippen LogP contribution in [0, 0.1) is 0 Å². The highest BCUT2D eigenvalue weighted by Gasteiger charge is 2.39. The SMILES string of the molecule is COc1cc(C2CC(=O)Oc3ccc4c(c32)O/C(=C/c2cn(C)c3ccccc23)C4=O)cc(OC)c1O. The zero-order valence-corrected chi connectivity index (χ0v) is 20.4. The molecule has 37 heavy (non-hydrogen) atoms. The van der Waals surface area contributed by atoms with Crippen molar-refractivity contribution in [1.82, 2.24) is 4.57 Å². The van der Waals surface area contributed by atoms with Crippen LogP contribution < -0.4 is 18.9 Å². The van der Waals surface area contributed by atoms with Crippen LogP contribution in [0.5, 0.6) is 28.7 Å². The summed E-state index contributed by atoms with van der Waals surface area (Å²) >= 11 is 0. The van der Waals surface area contributed by atoms with Crippen LogP contribution in [-0.2, 0) is 11.8 Å². The van der Waals surface area contributed by atoms with E-state index in [0.29, 0.717) is 28.2 Å². The van der Waals surface area contributed by atoms with Gasteiger partial charge in [0.2, 0.25) is 11.5 Å². The summed E-state index contributed by atoms with van der Waals surface area (Å²) in [6, 6.07) is 14.5. The lowest BCUT2D eigenvalue weighted by molar-refractivity contribution is -0.135. The molecule has 0 fully saturated rings. The lowest BCUT2D eigenvalue weighted by atomic mass is 9.84. The van der Waals surface area contributed by atoms with Gasteiger partial charge in [0.25, 0.3) is 0 Å². The number of phenolic OH excluding ortho intramolecular Hbond substituents is 1. The fraction of sp³-hybridized carbons (Fsp3) is 0.172. The van der Waals surface area contributed by atoms with Gasteiger partial charge < -0.3 is 28.6 Å². The van der Waals surface area contributed by atoms with Gasteiger partial charge in [-0.15, -0.1) is 0 Å². The second-order valence-corrected chi connectivity index (χ2v) is 9.01. The monoisotopic (exact) mass is 497 g/mol. The smallest absolute Gasteiger partial charge is 0.312 e. The Morgan fingerprint density at radius 3 is 2.49 bits per heavy atom. The molecule has 0 aliphatic carbocycles. The standard InChI is InChI=1S/C29H23NO7/c1-30-14-16(17-6-4-5-7-20(17)30)12-24-27(32)18-8-9-21-26(29(18)37-24)19(13-25(31)36-21)15-10-22(34-2)28(33)23(11-15)35-3/h4-12,14,19,33H,13H2,1-3H3/b24-12+. The number of rotatable bonds is 4. The molecule has 3 aromatic carbocycles. The largest absolute Gasteiger partial charge is 0.502 e. The van der Waals surface area contributed by atoms with Gasteiger partial charge in [0, 0.05) is 41.2 Å². The molecular weight excluding hydrogens is 474 g/mol. The number of hydrogen-bond acceptors (Lipinski definition) is 7. The fourth-order valence-corrected chi connectivity index (χ4v) is 5.14. The average Bonchev–Trinajstić information content (AvgIpc) is 3.39. The number of ether oxygens (including phenoxy) is 4. The number of Topliss-reactive ketones (excluding diaryl/α,β-unsaturated/α-hetero) is 1. The Morgan fingerprint density at radius 1 is 1.03 bits per heavy atom. The number of carbonyl (C=O) groups excluding carboxylic acids is 2. The maximum Gasteiger partial charge on any atom is 0.312 e. The van der Waals surface area contributed by atoms with Gasteiger partial charge in [-0.05, 0) is 42.0 Å². The molecule has 1 atom stereocenters. The molecule has 6 rings (SSSR count). The molecular formula is C29H23NO7. The number of aromatic hydroxyl groups is 1. The first-order valence-corrected chi connectivity index (χ1v) is 11.7. The number of aromatic nitrogens is 1. The summed E-state index contributed by atoms with van der Waals surface area (Å²) in [6.45, 7) is 0. The van der Waals surface area contributed by atoms with Crippen molar-refractivity contribution in [3.05, 3.63) is 82.7 Å². The van der Waals surface area contributed by atoms with Crippen molar-refractivity contribution in [2.75, 3.05) is 14.2 Å². The Balaban J connectivity index is 1.48. The van der Waals surface area contributed by atoms with Crippen molar-refractivity contribution >= 4 is 28.7 Å². The zero-order chi connectivity index (χ0) is 25.8.